The Morgan fingerprint density at radius 2 is 1.16 bits per heavy atom. The van der Waals surface area contributed by atoms with Gasteiger partial charge in [0.05, 0.1) is 11.0 Å². The quantitative estimate of drug-likeness (QED) is 0.241. The van der Waals surface area contributed by atoms with Crippen LogP contribution in [0.5, 0.6) is 0 Å². The minimum atomic E-state index is -0.110. The topological polar surface area (TPSA) is 81.3 Å². The van der Waals surface area contributed by atoms with Gasteiger partial charge in [-0.3, -0.25) is 9.59 Å². The number of ether oxygens (including phenoxy) is 2. The van der Waals surface area contributed by atoms with Gasteiger partial charge in [-0.1, -0.05) is 53.7 Å². The van der Waals surface area contributed by atoms with E-state index in [4.69, 9.17) is 14.5 Å². The number of aromatic nitrogens is 2. The second-order valence-corrected chi connectivity index (χ2v) is 24.9. The van der Waals surface area contributed by atoms with Crippen LogP contribution >= 0.6 is 0 Å². The first kappa shape index (κ1) is 43.5. The Bertz CT molecular complexity index is 1920. The Hall–Kier alpha value is -2.37. The van der Waals surface area contributed by atoms with Crippen LogP contribution in [0.15, 0.2) is 24.3 Å². The zero-order chi connectivity index (χ0) is 43.2. The van der Waals surface area contributed by atoms with E-state index in [9.17, 15) is 9.59 Å². The van der Waals surface area contributed by atoms with E-state index in [1.165, 1.54) is 96.3 Å². The van der Waals surface area contributed by atoms with Gasteiger partial charge in [0.2, 0.25) is 0 Å². The van der Waals surface area contributed by atoms with E-state index in [0.717, 1.165) is 109 Å². The van der Waals surface area contributed by atoms with Crippen molar-refractivity contribution < 1.29 is 19.1 Å². The van der Waals surface area contributed by atoms with E-state index < -0.39 is 0 Å². The molecule has 62 heavy (non-hydrogen) atoms. The SMILES string of the molecule is CC(=O)O[C@@H]1CC[C@@]2(C)C(CC[C@H]3[C@@H]4CC[C@H]([C@H](C)CCC(=O)O[C@@H]5CC[C@@]6(C)C(CC[C@H]7[C@@H]8CC[C@H]([C@H](C)CCc9nc%10ccccc%10[nH]9)[C@@]8(C)CC[C@@H]76)C5)[C@@]4(C)CC[C@@H]32)C1. The number of nitrogens with zero attached hydrogens (tertiary/aromatic N) is 1. The van der Waals surface area contributed by atoms with Crippen molar-refractivity contribution in [3.05, 3.63) is 30.1 Å². The van der Waals surface area contributed by atoms with E-state index in [2.05, 4.69) is 70.8 Å². The second-order valence-electron chi connectivity index (χ2n) is 24.9. The fourth-order valence-corrected chi connectivity index (χ4v) is 19.3. The third-order valence-electron chi connectivity index (χ3n) is 22.5. The summed E-state index contributed by atoms with van der Waals surface area (Å²) in [6.45, 7) is 17.2. The summed E-state index contributed by atoms with van der Waals surface area (Å²) in [7, 11) is 0. The van der Waals surface area contributed by atoms with Gasteiger partial charge in [-0.25, -0.2) is 4.98 Å². The summed E-state index contributed by atoms with van der Waals surface area (Å²) in [6.07, 6.45) is 27.3. The second kappa shape index (κ2) is 16.5. The first-order chi connectivity index (χ1) is 29.7. The lowest BCUT2D eigenvalue weighted by molar-refractivity contribution is -0.163. The van der Waals surface area contributed by atoms with Crippen LogP contribution in [0.4, 0.5) is 0 Å². The fraction of sp³-hybridized carbons (Fsp3) is 0.839. The summed E-state index contributed by atoms with van der Waals surface area (Å²) < 4.78 is 12.2. The first-order valence-electron chi connectivity index (χ1n) is 26.5. The minimum absolute atomic E-state index is 0.0815. The molecule has 8 saturated carbocycles. The Morgan fingerprint density at radius 1 is 0.645 bits per heavy atom. The van der Waals surface area contributed by atoms with Crippen LogP contribution in [0, 0.1) is 92.7 Å². The highest BCUT2D eigenvalue weighted by Gasteiger charge is 2.62. The lowest BCUT2D eigenvalue weighted by Gasteiger charge is -2.61. The summed E-state index contributed by atoms with van der Waals surface area (Å²) in [4.78, 5) is 33.9. The number of aryl methyl sites for hydroxylation is 1. The number of carbonyl (C=O) groups excluding carboxylic acids is 2. The van der Waals surface area contributed by atoms with Crippen LogP contribution in [-0.4, -0.2) is 34.1 Å². The highest BCUT2D eigenvalue weighted by molar-refractivity contribution is 5.74. The Morgan fingerprint density at radius 3 is 1.73 bits per heavy atom. The van der Waals surface area contributed by atoms with Gasteiger partial charge in [-0.15, -0.1) is 0 Å². The summed E-state index contributed by atoms with van der Waals surface area (Å²) in [5.41, 5.74) is 3.94. The molecule has 6 nitrogen and oxygen atoms in total. The van der Waals surface area contributed by atoms with Crippen molar-refractivity contribution >= 4 is 23.0 Å². The molecule has 18 atom stereocenters. The highest BCUT2D eigenvalue weighted by atomic mass is 16.5. The van der Waals surface area contributed by atoms with E-state index >= 15 is 0 Å². The Balaban J connectivity index is 0.696. The number of rotatable bonds is 10. The van der Waals surface area contributed by atoms with Crippen molar-refractivity contribution in [1.29, 1.82) is 0 Å². The van der Waals surface area contributed by atoms with Crippen LogP contribution in [0.2, 0.25) is 0 Å². The van der Waals surface area contributed by atoms with E-state index in [1.807, 2.05) is 0 Å². The molecule has 8 fully saturated rings. The smallest absolute Gasteiger partial charge is 0.306 e. The van der Waals surface area contributed by atoms with Gasteiger partial charge in [-0.2, -0.15) is 0 Å². The molecule has 0 bridgehead atoms. The zero-order valence-corrected chi connectivity index (χ0v) is 40.0. The fourth-order valence-electron chi connectivity index (χ4n) is 19.3. The van der Waals surface area contributed by atoms with Crippen molar-refractivity contribution in [1.82, 2.24) is 9.97 Å². The summed E-state index contributed by atoms with van der Waals surface area (Å²) in [6, 6.07) is 8.45. The number of imidazole rings is 1. The van der Waals surface area contributed by atoms with Crippen molar-refractivity contribution in [3.8, 4) is 0 Å². The lowest BCUT2D eigenvalue weighted by atomic mass is 9.44. The van der Waals surface area contributed by atoms with Gasteiger partial charge in [0.25, 0.3) is 0 Å². The average Bonchev–Trinajstić information content (AvgIpc) is 3.94. The van der Waals surface area contributed by atoms with Gasteiger partial charge in [0.1, 0.15) is 18.0 Å². The summed E-state index contributed by atoms with van der Waals surface area (Å²) in [5.74, 6) is 10.4. The van der Waals surface area contributed by atoms with Crippen LogP contribution in [0.3, 0.4) is 0 Å². The molecule has 0 aliphatic heterocycles. The standard InChI is InChI=1S/C56H84N2O4/c1-34(12-22-51-57-49-10-8-9-11-50(49)58-51)43-18-20-45-42-17-15-38-33-40(25-29-54(38,5)48(42)26-30-55(43,45)6)62-52(60)23-13-35(2)44-19-21-46-41-16-14-37-32-39(61-36(3)59)24-28-53(37,4)47(41)27-31-56(44,46)7/h8-11,34-35,37-48H,12-33H2,1-7H3,(H,57,58)/t34-,35-,37?,38?,39-,40-,41+,42+,43-,44-,45+,46+,47+,48+,53+,54+,55-,56-/m1/s1. The van der Waals surface area contributed by atoms with Crippen molar-refractivity contribution in [2.75, 3.05) is 0 Å². The molecule has 342 valence electrons. The number of H-pyrrole nitrogens is 1. The molecule has 0 saturated heterocycles. The molecule has 6 heteroatoms. The lowest BCUT2D eigenvalue weighted by Crippen LogP contribution is -2.54. The number of hydrogen-bond donors (Lipinski definition) is 1. The maximum absolute atomic E-state index is 13.7. The molecule has 10 rings (SSSR count). The van der Waals surface area contributed by atoms with Crippen LogP contribution in [-0.2, 0) is 25.5 Å². The molecule has 1 aromatic heterocycles. The number of carbonyl (C=O) groups is 2. The Kier molecular flexibility index (Phi) is 11.6. The molecule has 8 aliphatic rings. The molecular weight excluding hydrogens is 765 g/mol. The molecule has 1 heterocycles. The Labute approximate surface area is 375 Å². The van der Waals surface area contributed by atoms with Gasteiger partial charge < -0.3 is 14.5 Å². The first-order valence-corrected chi connectivity index (χ1v) is 26.5. The maximum Gasteiger partial charge on any atom is 0.306 e. The molecule has 2 aromatic rings. The molecule has 8 aliphatic carbocycles. The molecular formula is C56H84N2O4. The monoisotopic (exact) mass is 849 g/mol. The van der Waals surface area contributed by atoms with Gasteiger partial charge in [-0.05, 0) is 233 Å². The van der Waals surface area contributed by atoms with Gasteiger partial charge >= 0.3 is 11.9 Å². The third-order valence-corrected chi connectivity index (χ3v) is 22.5. The zero-order valence-electron chi connectivity index (χ0n) is 40.0. The van der Waals surface area contributed by atoms with Crippen LogP contribution in [0.25, 0.3) is 11.0 Å². The third kappa shape index (κ3) is 7.34. The number of fused-ring (bicyclic) bond motifs is 11. The van der Waals surface area contributed by atoms with Gasteiger partial charge in [0.15, 0.2) is 0 Å². The van der Waals surface area contributed by atoms with Crippen LogP contribution in [0.1, 0.15) is 189 Å². The van der Waals surface area contributed by atoms with Crippen LogP contribution < -0.4 is 0 Å². The molecule has 0 radical (unpaired) electrons. The van der Waals surface area contributed by atoms with E-state index in [-0.39, 0.29) is 24.1 Å². The maximum atomic E-state index is 13.7. The number of nitrogens with one attached hydrogen (secondary N) is 1. The largest absolute Gasteiger partial charge is 0.463 e. The van der Waals surface area contributed by atoms with Gasteiger partial charge in [0, 0.05) is 19.8 Å². The molecule has 1 N–H and O–H groups in total. The van der Waals surface area contributed by atoms with E-state index in [0.29, 0.717) is 45.8 Å². The number of benzene rings is 1. The molecule has 2 unspecified atom stereocenters. The van der Waals surface area contributed by atoms with E-state index in [1.54, 1.807) is 6.92 Å². The molecule has 0 spiro atoms. The number of aromatic amines is 1. The molecule has 1 aromatic carbocycles. The average molecular weight is 849 g/mol. The number of para-hydroxylation sites is 2. The van der Waals surface area contributed by atoms with Crippen molar-refractivity contribution in [2.24, 2.45) is 92.7 Å². The summed E-state index contributed by atoms with van der Waals surface area (Å²) in [5, 5.41) is 0. The number of esters is 2. The van der Waals surface area contributed by atoms with Crippen molar-refractivity contribution in [2.45, 2.75) is 202 Å². The highest BCUT2D eigenvalue weighted by Crippen LogP contribution is 2.70. The minimum Gasteiger partial charge on any atom is -0.463 e. The predicted molar refractivity (Wildman–Crippen MR) is 248 cm³/mol. The normalized spacial score (nSPS) is 45.7. The predicted octanol–water partition coefficient (Wildman–Crippen LogP) is 13.7. The van der Waals surface area contributed by atoms with Crippen molar-refractivity contribution in [3.63, 3.8) is 0 Å². The summed E-state index contributed by atoms with van der Waals surface area (Å²) >= 11 is 0. The molecule has 0 amide bonds. The number of hydrogen-bond acceptors (Lipinski definition) is 5.